The molecule has 4 rings (SSSR count). The first-order valence-electron chi connectivity index (χ1n) is 7.96. The molecule has 4 fully saturated rings. The fourth-order valence-corrected chi connectivity index (χ4v) is 12.0. The van der Waals surface area contributed by atoms with Crippen molar-refractivity contribution in [3.05, 3.63) is 0 Å². The minimum absolute atomic E-state index is 0.155. The van der Waals surface area contributed by atoms with Gasteiger partial charge in [-0.25, -0.2) is 0 Å². The second-order valence-corrected chi connectivity index (χ2v) is 13.1. The molecular weight excluding hydrogens is 252 g/mol. The van der Waals surface area contributed by atoms with Crippen molar-refractivity contribution in [2.75, 3.05) is 14.2 Å². The van der Waals surface area contributed by atoms with Gasteiger partial charge in [0.25, 0.3) is 0 Å². The van der Waals surface area contributed by atoms with Gasteiger partial charge in [0.2, 0.25) is 0 Å². The van der Waals surface area contributed by atoms with Crippen LogP contribution in [0.1, 0.15) is 59.3 Å². The minimum Gasteiger partial charge on any atom is -0.397 e. The Bertz CT molecular complexity index is 319. The minimum atomic E-state index is -2.20. The summed E-state index contributed by atoms with van der Waals surface area (Å²) in [7, 11) is 1.64. The average molecular weight is 282 g/mol. The molecule has 4 bridgehead atoms. The summed E-state index contributed by atoms with van der Waals surface area (Å²) >= 11 is 0. The van der Waals surface area contributed by atoms with E-state index in [9.17, 15) is 0 Å². The molecule has 3 heteroatoms. The molecule has 0 aromatic heterocycles. The third kappa shape index (κ3) is 1.81. The second-order valence-electron chi connectivity index (χ2n) is 8.47. The lowest BCUT2D eigenvalue weighted by atomic mass is 9.56. The summed E-state index contributed by atoms with van der Waals surface area (Å²) in [6.07, 6.45) is 8.60. The molecule has 0 radical (unpaired) electrons. The molecule has 0 N–H and O–H groups in total. The van der Waals surface area contributed by atoms with E-state index in [0.717, 1.165) is 17.8 Å². The highest BCUT2D eigenvalue weighted by Gasteiger charge is 2.68. The van der Waals surface area contributed by atoms with Crippen LogP contribution in [0.25, 0.3) is 0 Å². The monoisotopic (exact) mass is 282 g/mol. The molecule has 0 amide bonds. The van der Waals surface area contributed by atoms with Crippen LogP contribution in [0.3, 0.4) is 0 Å². The molecule has 2 nitrogen and oxygen atoms in total. The lowest BCUT2D eigenvalue weighted by molar-refractivity contribution is -0.00327. The van der Waals surface area contributed by atoms with Crippen molar-refractivity contribution in [3.8, 4) is 0 Å². The summed E-state index contributed by atoms with van der Waals surface area (Å²) in [5.41, 5.74) is 0. The van der Waals surface area contributed by atoms with Crippen molar-refractivity contribution in [2.24, 2.45) is 17.8 Å². The van der Waals surface area contributed by atoms with Crippen LogP contribution in [0.15, 0.2) is 0 Å². The third-order valence-electron chi connectivity index (χ3n) is 6.30. The van der Waals surface area contributed by atoms with E-state index in [2.05, 4.69) is 20.8 Å². The predicted molar refractivity (Wildman–Crippen MR) is 80.4 cm³/mol. The van der Waals surface area contributed by atoms with Crippen LogP contribution in [-0.4, -0.2) is 22.8 Å². The highest BCUT2D eigenvalue weighted by molar-refractivity contribution is 6.73. The lowest BCUT2D eigenvalue weighted by Gasteiger charge is -2.63. The largest absolute Gasteiger partial charge is 0.397 e. The summed E-state index contributed by atoms with van der Waals surface area (Å²) in [6.45, 7) is 7.01. The van der Waals surface area contributed by atoms with Gasteiger partial charge in [-0.2, -0.15) is 0 Å². The van der Waals surface area contributed by atoms with Crippen molar-refractivity contribution in [2.45, 2.75) is 69.4 Å². The molecule has 110 valence electrons. The van der Waals surface area contributed by atoms with E-state index < -0.39 is 8.56 Å². The van der Waals surface area contributed by atoms with E-state index in [-0.39, 0.29) is 5.04 Å². The fourth-order valence-electron chi connectivity index (χ4n) is 6.44. The Morgan fingerprint density at radius 2 is 1.21 bits per heavy atom. The van der Waals surface area contributed by atoms with Crippen LogP contribution < -0.4 is 0 Å². The molecule has 4 aliphatic rings. The average Bonchev–Trinajstić information content (AvgIpc) is 2.26. The summed E-state index contributed by atoms with van der Waals surface area (Å²) < 4.78 is 12.5. The SMILES string of the molecule is CO[Si](OC)(C(C)(C)C)C12CC3CC(CC(C3)C1)C2. The molecule has 0 spiro atoms. The van der Waals surface area contributed by atoms with Crippen molar-refractivity contribution < 1.29 is 8.85 Å². The van der Waals surface area contributed by atoms with Gasteiger partial charge in [0.1, 0.15) is 0 Å². The highest BCUT2D eigenvalue weighted by Crippen LogP contribution is 2.71. The van der Waals surface area contributed by atoms with Crippen molar-refractivity contribution >= 4 is 8.56 Å². The topological polar surface area (TPSA) is 18.5 Å². The Morgan fingerprint density at radius 1 is 0.842 bits per heavy atom. The van der Waals surface area contributed by atoms with E-state index in [4.69, 9.17) is 8.85 Å². The van der Waals surface area contributed by atoms with E-state index in [1.54, 1.807) is 0 Å². The van der Waals surface area contributed by atoms with Gasteiger partial charge in [-0.1, -0.05) is 20.8 Å². The lowest BCUT2D eigenvalue weighted by Crippen LogP contribution is -2.63. The van der Waals surface area contributed by atoms with Crippen LogP contribution in [0.4, 0.5) is 0 Å². The third-order valence-corrected chi connectivity index (χ3v) is 11.4. The van der Waals surface area contributed by atoms with Crippen molar-refractivity contribution in [1.82, 2.24) is 0 Å². The van der Waals surface area contributed by atoms with Gasteiger partial charge < -0.3 is 8.85 Å². The molecule has 0 heterocycles. The molecule has 0 aromatic rings. The quantitative estimate of drug-likeness (QED) is 0.710. The van der Waals surface area contributed by atoms with Crippen LogP contribution in [-0.2, 0) is 8.85 Å². The summed E-state index contributed by atoms with van der Waals surface area (Å²) in [4.78, 5) is 0. The van der Waals surface area contributed by atoms with Crippen molar-refractivity contribution in [1.29, 1.82) is 0 Å². The zero-order chi connectivity index (χ0) is 13.9. The van der Waals surface area contributed by atoms with Gasteiger partial charge in [0.15, 0.2) is 0 Å². The Kier molecular flexibility index (Phi) is 3.20. The zero-order valence-corrected chi connectivity index (χ0v) is 14.3. The summed E-state index contributed by atoms with van der Waals surface area (Å²) in [5.74, 6) is 2.89. The summed E-state index contributed by atoms with van der Waals surface area (Å²) in [5, 5.41) is 0.547. The maximum Gasteiger partial charge on any atom is 0.349 e. The molecule has 4 aliphatic carbocycles. The molecule has 0 saturated heterocycles. The van der Waals surface area contributed by atoms with Gasteiger partial charge >= 0.3 is 8.56 Å². The number of hydrogen-bond acceptors (Lipinski definition) is 2. The molecule has 0 atom stereocenters. The van der Waals surface area contributed by atoms with Crippen LogP contribution in [0, 0.1) is 17.8 Å². The number of hydrogen-bond donors (Lipinski definition) is 0. The smallest absolute Gasteiger partial charge is 0.349 e. The van der Waals surface area contributed by atoms with Gasteiger partial charge in [0, 0.05) is 24.3 Å². The molecule has 0 unspecified atom stereocenters. The first-order valence-corrected chi connectivity index (χ1v) is 9.78. The molecule has 4 saturated carbocycles. The Labute approximate surface area is 119 Å². The molecule has 0 aromatic carbocycles. The number of rotatable bonds is 3. The Balaban J connectivity index is 2.03. The van der Waals surface area contributed by atoms with Crippen LogP contribution in [0.2, 0.25) is 10.1 Å². The van der Waals surface area contributed by atoms with Crippen LogP contribution >= 0.6 is 0 Å². The van der Waals surface area contributed by atoms with Crippen molar-refractivity contribution in [3.63, 3.8) is 0 Å². The van der Waals surface area contributed by atoms with E-state index in [0.29, 0.717) is 5.04 Å². The van der Waals surface area contributed by atoms with Crippen LogP contribution in [0.5, 0.6) is 0 Å². The fraction of sp³-hybridized carbons (Fsp3) is 1.00. The van der Waals surface area contributed by atoms with Gasteiger partial charge in [-0.15, -0.1) is 0 Å². The molecule has 0 aliphatic heterocycles. The van der Waals surface area contributed by atoms with E-state index in [1.165, 1.54) is 38.5 Å². The van der Waals surface area contributed by atoms with Gasteiger partial charge in [-0.05, 0) is 56.3 Å². The first kappa shape index (κ1) is 14.1. The molecule has 19 heavy (non-hydrogen) atoms. The van der Waals surface area contributed by atoms with Gasteiger partial charge in [-0.3, -0.25) is 0 Å². The summed E-state index contributed by atoms with van der Waals surface area (Å²) in [6, 6.07) is 0. The zero-order valence-electron chi connectivity index (χ0n) is 13.3. The van der Waals surface area contributed by atoms with Gasteiger partial charge in [0.05, 0.1) is 0 Å². The Hall–Kier alpha value is 0.137. The normalized spacial score (nSPS) is 41.8. The second kappa shape index (κ2) is 4.31. The molecular formula is C16H30O2Si. The van der Waals surface area contributed by atoms with E-state index in [1.807, 2.05) is 14.2 Å². The Morgan fingerprint density at radius 3 is 1.47 bits per heavy atom. The predicted octanol–water partition coefficient (Wildman–Crippen LogP) is 4.49. The maximum absolute atomic E-state index is 6.25. The van der Waals surface area contributed by atoms with E-state index >= 15 is 0 Å². The maximum atomic E-state index is 6.25. The first-order chi connectivity index (χ1) is 8.86. The highest BCUT2D eigenvalue weighted by atomic mass is 28.4. The standard InChI is InChI=1S/C16H30O2Si/c1-15(2,3)19(17-4,18-5)16-9-12-6-13(10-16)8-14(7-12)11-16/h12-14H,6-11H2,1-5H3.